The third-order valence-electron chi connectivity index (χ3n) is 4.56. The van der Waals surface area contributed by atoms with Crippen LogP contribution < -0.4 is 5.69 Å². The smallest absolute Gasteiger partial charge is 0.376 e. The third-order valence-corrected chi connectivity index (χ3v) is 4.56. The minimum absolute atomic E-state index is 0.0380. The highest BCUT2D eigenvalue weighted by atomic mass is 19.4. The van der Waals surface area contributed by atoms with Gasteiger partial charge in [-0.25, -0.2) is 9.78 Å². The zero-order valence-corrected chi connectivity index (χ0v) is 13.7. The first-order valence-corrected chi connectivity index (χ1v) is 8.29. The van der Waals surface area contributed by atoms with Crippen LogP contribution >= 0.6 is 0 Å². The number of nitrogens with one attached hydrogen (secondary N) is 1. The van der Waals surface area contributed by atoms with Gasteiger partial charge in [-0.05, 0) is 36.6 Å². The summed E-state index contributed by atoms with van der Waals surface area (Å²) in [5.74, 6) is 0. The number of aromatic nitrogens is 3. The normalized spacial score (nSPS) is 17.9. The van der Waals surface area contributed by atoms with Crippen LogP contribution in [-0.2, 0) is 17.5 Å². The standard InChI is InChI=1S/C18H16F3N3O2/c19-18(20,21)13-4-1-3-11(7-13)12-8-15-16(22-9-12)23-17(25)24(15)10-14-5-2-6-26-14/h1,3-4,7-9,14H,2,5-6,10H2,(H,22,23,25)/t14-/m1/s1. The van der Waals surface area contributed by atoms with Crippen LogP contribution in [0.3, 0.4) is 0 Å². The second kappa shape index (κ2) is 6.28. The van der Waals surface area contributed by atoms with Gasteiger partial charge >= 0.3 is 11.9 Å². The summed E-state index contributed by atoms with van der Waals surface area (Å²) < 4.78 is 46.0. The molecule has 0 saturated carbocycles. The Morgan fingerprint density at radius 3 is 2.85 bits per heavy atom. The van der Waals surface area contributed by atoms with Crippen molar-refractivity contribution in [1.29, 1.82) is 0 Å². The van der Waals surface area contributed by atoms with E-state index in [0.29, 0.717) is 35.4 Å². The number of nitrogens with zero attached hydrogens (tertiary/aromatic N) is 2. The fourth-order valence-electron chi connectivity index (χ4n) is 3.24. The molecule has 0 bridgehead atoms. The van der Waals surface area contributed by atoms with Crippen molar-refractivity contribution in [3.05, 3.63) is 52.6 Å². The molecule has 3 aromatic rings. The predicted octanol–water partition coefficient (Wildman–Crippen LogP) is 3.59. The molecule has 3 heterocycles. The fraction of sp³-hybridized carbons (Fsp3) is 0.333. The van der Waals surface area contributed by atoms with E-state index in [2.05, 4.69) is 9.97 Å². The van der Waals surface area contributed by atoms with Crippen molar-refractivity contribution in [3.63, 3.8) is 0 Å². The van der Waals surface area contributed by atoms with Crippen LogP contribution in [0, 0.1) is 0 Å². The van der Waals surface area contributed by atoms with Crippen molar-refractivity contribution < 1.29 is 17.9 Å². The van der Waals surface area contributed by atoms with E-state index in [0.717, 1.165) is 25.0 Å². The van der Waals surface area contributed by atoms with Crippen LogP contribution in [0.2, 0.25) is 0 Å². The van der Waals surface area contributed by atoms with E-state index in [4.69, 9.17) is 4.74 Å². The average molecular weight is 363 g/mol. The molecule has 0 radical (unpaired) electrons. The lowest BCUT2D eigenvalue weighted by Crippen LogP contribution is -2.24. The van der Waals surface area contributed by atoms with Crippen LogP contribution in [0.25, 0.3) is 22.3 Å². The Balaban J connectivity index is 1.76. The van der Waals surface area contributed by atoms with E-state index in [1.54, 1.807) is 12.1 Å². The molecule has 4 rings (SSSR count). The van der Waals surface area contributed by atoms with E-state index in [1.807, 2.05) is 0 Å². The van der Waals surface area contributed by atoms with Gasteiger partial charge in [-0.1, -0.05) is 12.1 Å². The van der Waals surface area contributed by atoms with Crippen LogP contribution in [0.5, 0.6) is 0 Å². The van der Waals surface area contributed by atoms with Crippen molar-refractivity contribution in [1.82, 2.24) is 14.5 Å². The van der Waals surface area contributed by atoms with Gasteiger partial charge in [-0.2, -0.15) is 13.2 Å². The molecule has 1 aromatic carbocycles. The molecule has 1 fully saturated rings. The number of hydrogen-bond acceptors (Lipinski definition) is 3. The van der Waals surface area contributed by atoms with E-state index >= 15 is 0 Å². The lowest BCUT2D eigenvalue weighted by Gasteiger charge is -2.11. The molecule has 1 aliphatic heterocycles. The zero-order chi connectivity index (χ0) is 18.3. The highest BCUT2D eigenvalue weighted by Crippen LogP contribution is 2.32. The SMILES string of the molecule is O=c1[nH]c2ncc(-c3cccc(C(F)(F)F)c3)cc2n1C[C@H]1CCCO1. The Morgan fingerprint density at radius 1 is 1.27 bits per heavy atom. The van der Waals surface area contributed by atoms with Crippen molar-refractivity contribution in [3.8, 4) is 11.1 Å². The second-order valence-electron chi connectivity index (χ2n) is 6.35. The summed E-state index contributed by atoms with van der Waals surface area (Å²) in [5, 5.41) is 0. The summed E-state index contributed by atoms with van der Waals surface area (Å²) >= 11 is 0. The topological polar surface area (TPSA) is 59.9 Å². The summed E-state index contributed by atoms with van der Waals surface area (Å²) in [6.45, 7) is 1.07. The lowest BCUT2D eigenvalue weighted by molar-refractivity contribution is -0.137. The number of pyridine rings is 1. The summed E-state index contributed by atoms with van der Waals surface area (Å²) in [6.07, 6.45) is -1.16. The number of halogens is 3. The summed E-state index contributed by atoms with van der Waals surface area (Å²) in [7, 11) is 0. The van der Waals surface area contributed by atoms with Crippen LogP contribution in [0.15, 0.2) is 41.3 Å². The molecule has 8 heteroatoms. The predicted molar refractivity (Wildman–Crippen MR) is 89.8 cm³/mol. The number of H-pyrrole nitrogens is 1. The quantitative estimate of drug-likeness (QED) is 0.774. The van der Waals surface area contributed by atoms with Crippen molar-refractivity contribution >= 4 is 11.2 Å². The maximum Gasteiger partial charge on any atom is 0.416 e. The molecule has 0 aliphatic carbocycles. The van der Waals surface area contributed by atoms with Gasteiger partial charge < -0.3 is 4.74 Å². The Kier molecular flexibility index (Phi) is 4.07. The number of alkyl halides is 3. The maximum absolute atomic E-state index is 13.0. The summed E-state index contributed by atoms with van der Waals surface area (Å²) in [6, 6.07) is 6.74. The number of fused-ring (bicyclic) bond motifs is 1. The van der Waals surface area contributed by atoms with Gasteiger partial charge in [0.15, 0.2) is 5.65 Å². The van der Waals surface area contributed by atoms with Gasteiger partial charge in [0.25, 0.3) is 0 Å². The van der Waals surface area contributed by atoms with Crippen molar-refractivity contribution in [2.45, 2.75) is 31.7 Å². The minimum atomic E-state index is -4.41. The molecular weight excluding hydrogens is 347 g/mol. The van der Waals surface area contributed by atoms with Crippen molar-refractivity contribution in [2.24, 2.45) is 0 Å². The Morgan fingerprint density at radius 2 is 2.12 bits per heavy atom. The minimum Gasteiger partial charge on any atom is -0.376 e. The zero-order valence-electron chi connectivity index (χ0n) is 13.7. The van der Waals surface area contributed by atoms with Gasteiger partial charge in [-0.3, -0.25) is 9.55 Å². The molecular formula is C18H16F3N3O2. The van der Waals surface area contributed by atoms with Gasteiger partial charge in [0.05, 0.1) is 23.7 Å². The lowest BCUT2D eigenvalue weighted by atomic mass is 10.0. The molecule has 1 atom stereocenters. The van der Waals surface area contributed by atoms with E-state index in [-0.39, 0.29) is 11.8 Å². The number of aromatic amines is 1. The molecule has 1 saturated heterocycles. The molecule has 0 amide bonds. The van der Waals surface area contributed by atoms with Gasteiger partial charge in [0.1, 0.15) is 0 Å². The number of ether oxygens (including phenoxy) is 1. The Bertz CT molecular complexity index is 1000. The monoisotopic (exact) mass is 363 g/mol. The van der Waals surface area contributed by atoms with E-state index in [9.17, 15) is 18.0 Å². The van der Waals surface area contributed by atoms with Crippen LogP contribution in [0.4, 0.5) is 13.2 Å². The molecule has 5 nitrogen and oxygen atoms in total. The maximum atomic E-state index is 13.0. The molecule has 1 N–H and O–H groups in total. The van der Waals surface area contributed by atoms with Crippen molar-refractivity contribution in [2.75, 3.05) is 6.61 Å². The second-order valence-corrected chi connectivity index (χ2v) is 6.35. The molecule has 136 valence electrons. The molecule has 1 aliphatic rings. The number of benzene rings is 1. The third kappa shape index (κ3) is 3.12. The highest BCUT2D eigenvalue weighted by Gasteiger charge is 2.30. The highest BCUT2D eigenvalue weighted by molar-refractivity contribution is 5.78. The summed E-state index contributed by atoms with van der Waals surface area (Å²) in [4.78, 5) is 19.1. The van der Waals surface area contributed by atoms with E-state index < -0.39 is 11.7 Å². The largest absolute Gasteiger partial charge is 0.416 e. The van der Waals surface area contributed by atoms with Gasteiger partial charge in [0.2, 0.25) is 0 Å². The Labute approximate surface area is 146 Å². The fourth-order valence-corrected chi connectivity index (χ4v) is 3.24. The molecule has 0 spiro atoms. The van der Waals surface area contributed by atoms with Gasteiger partial charge in [0, 0.05) is 18.4 Å². The summed E-state index contributed by atoms with van der Waals surface area (Å²) in [5.41, 5.74) is 0.851. The molecule has 0 unspecified atom stereocenters. The van der Waals surface area contributed by atoms with Gasteiger partial charge in [-0.15, -0.1) is 0 Å². The molecule has 26 heavy (non-hydrogen) atoms. The molecule has 2 aromatic heterocycles. The number of imidazole rings is 1. The number of rotatable bonds is 3. The average Bonchev–Trinajstić information content (AvgIpc) is 3.23. The van der Waals surface area contributed by atoms with Crippen LogP contribution in [0.1, 0.15) is 18.4 Å². The van der Waals surface area contributed by atoms with Crippen LogP contribution in [-0.4, -0.2) is 27.2 Å². The number of hydrogen-bond donors (Lipinski definition) is 1. The first-order valence-electron chi connectivity index (χ1n) is 8.29. The first-order chi connectivity index (χ1) is 12.4. The first kappa shape index (κ1) is 16.8. The Hall–Kier alpha value is -2.61. The van der Waals surface area contributed by atoms with E-state index in [1.165, 1.54) is 16.8 Å².